The Balaban J connectivity index is 0.000000239. The van der Waals surface area contributed by atoms with Crippen molar-refractivity contribution in [3.63, 3.8) is 0 Å². The predicted molar refractivity (Wildman–Crippen MR) is 93.5 cm³/mol. The minimum atomic E-state index is -0.876. The van der Waals surface area contributed by atoms with Crippen molar-refractivity contribution >= 4 is 0 Å². The highest BCUT2D eigenvalue weighted by Crippen LogP contribution is 2.39. The van der Waals surface area contributed by atoms with Crippen molar-refractivity contribution in [2.24, 2.45) is 0 Å². The third kappa shape index (κ3) is 4.21. The molecule has 3 aliphatic rings. The summed E-state index contributed by atoms with van der Waals surface area (Å²) in [6.07, 6.45) is 5.72. The van der Waals surface area contributed by atoms with Gasteiger partial charge in [-0.3, -0.25) is 0 Å². The van der Waals surface area contributed by atoms with Crippen molar-refractivity contribution in [1.29, 1.82) is 0 Å². The molecule has 0 radical (unpaired) electrons. The van der Waals surface area contributed by atoms with Crippen molar-refractivity contribution < 1.29 is 39.4 Å². The summed E-state index contributed by atoms with van der Waals surface area (Å²) >= 11 is 0. The first-order valence-electron chi connectivity index (χ1n) is 8.74. The predicted octanol–water partition coefficient (Wildman–Crippen LogP) is -0.933. The fraction of sp³-hybridized carbons (Fsp3) is 0.889. The van der Waals surface area contributed by atoms with E-state index in [0.29, 0.717) is 13.2 Å². The van der Waals surface area contributed by atoms with Crippen LogP contribution in [-0.2, 0) is 18.9 Å². The number of rotatable bonds is 4. The first-order chi connectivity index (χ1) is 12.2. The van der Waals surface area contributed by atoms with Gasteiger partial charge in [0.1, 0.15) is 35.6 Å². The summed E-state index contributed by atoms with van der Waals surface area (Å²) in [5.41, 5.74) is -1.71. The first kappa shape index (κ1) is 23.3. The Labute approximate surface area is 155 Å². The highest BCUT2D eigenvalue weighted by Gasteiger charge is 2.59. The number of hydrogen-bond acceptors (Lipinski definition) is 8. The number of aliphatic hydroxyl groups is 4. The van der Waals surface area contributed by atoms with Gasteiger partial charge in [-0.1, -0.05) is 0 Å². The lowest BCUT2D eigenvalue weighted by molar-refractivity contribution is -0.155. The van der Waals surface area contributed by atoms with E-state index in [9.17, 15) is 10.2 Å². The zero-order valence-electron chi connectivity index (χ0n) is 15.9. The average Bonchev–Trinajstić information content (AvgIpc) is 3.17. The van der Waals surface area contributed by atoms with Gasteiger partial charge in [-0.05, 0) is 27.7 Å². The lowest BCUT2D eigenvalue weighted by atomic mass is 9.98. The van der Waals surface area contributed by atoms with Crippen LogP contribution < -0.4 is 0 Å². The first-order valence-corrected chi connectivity index (χ1v) is 8.74. The summed E-state index contributed by atoms with van der Waals surface area (Å²) in [6.45, 7) is 7.71. The Kier molecular flexibility index (Phi) is 8.45. The van der Waals surface area contributed by atoms with E-state index in [1.54, 1.807) is 6.92 Å². The standard InChI is InChI=1S/C9H18O4.C7H12O4.C2H2/c1-4-12-7-6(2)13-9(3,5-10)8(7)11;1-4-5-6(9)7(2-8,11-4)3-10-5;1-2/h6-8,10-11H,4-5H2,1-3H3;4-6,8-9H,2-3H2,1H3;1-2H/t6?,7-,8?,9?;4-,5?,6+,7-;/m10./s1. The lowest BCUT2D eigenvalue weighted by Gasteiger charge is -2.26. The quantitative estimate of drug-likeness (QED) is 0.465. The van der Waals surface area contributed by atoms with Gasteiger partial charge in [0.25, 0.3) is 0 Å². The van der Waals surface area contributed by atoms with Gasteiger partial charge in [0, 0.05) is 6.61 Å². The van der Waals surface area contributed by atoms with Gasteiger partial charge in [0.2, 0.25) is 0 Å². The molecule has 0 amide bonds. The van der Waals surface area contributed by atoms with Crippen LogP contribution in [0.4, 0.5) is 0 Å². The van der Waals surface area contributed by atoms with E-state index < -0.39 is 23.4 Å². The summed E-state index contributed by atoms with van der Waals surface area (Å²) < 4.78 is 21.4. The van der Waals surface area contributed by atoms with Crippen LogP contribution in [0.2, 0.25) is 0 Å². The number of aliphatic hydroxyl groups excluding tert-OH is 4. The summed E-state index contributed by atoms with van der Waals surface area (Å²) in [4.78, 5) is 0. The van der Waals surface area contributed by atoms with Crippen LogP contribution >= 0.6 is 0 Å². The summed E-state index contributed by atoms with van der Waals surface area (Å²) in [5.74, 6) is 0. The van der Waals surface area contributed by atoms with Crippen LogP contribution in [0.25, 0.3) is 0 Å². The van der Waals surface area contributed by atoms with E-state index in [-0.39, 0.29) is 37.6 Å². The third-order valence-electron chi connectivity index (χ3n) is 5.05. The summed E-state index contributed by atoms with van der Waals surface area (Å²) in [5, 5.41) is 37.4. The summed E-state index contributed by atoms with van der Waals surface area (Å²) in [6, 6.07) is 0. The van der Waals surface area contributed by atoms with Crippen molar-refractivity contribution in [1.82, 2.24) is 0 Å². The van der Waals surface area contributed by atoms with E-state index in [1.165, 1.54) is 0 Å². The normalized spacial score (nSPS) is 46.2. The molecule has 3 heterocycles. The second-order valence-electron chi connectivity index (χ2n) is 6.92. The van der Waals surface area contributed by atoms with Crippen molar-refractivity contribution in [2.75, 3.05) is 26.4 Å². The van der Waals surface area contributed by atoms with Gasteiger partial charge in [-0.2, -0.15) is 0 Å². The third-order valence-corrected chi connectivity index (χ3v) is 5.05. The number of fused-ring (bicyclic) bond motifs is 2. The number of terminal acetylenes is 1. The minimum absolute atomic E-state index is 0.106. The maximum atomic E-state index is 9.80. The lowest BCUT2D eigenvalue weighted by Crippen LogP contribution is -2.44. The highest BCUT2D eigenvalue weighted by atomic mass is 16.6. The molecule has 3 saturated heterocycles. The molecular weight excluding hydrogens is 344 g/mol. The number of ether oxygens (including phenoxy) is 4. The van der Waals surface area contributed by atoms with E-state index in [4.69, 9.17) is 29.2 Å². The van der Waals surface area contributed by atoms with Crippen LogP contribution in [0.3, 0.4) is 0 Å². The fourth-order valence-corrected chi connectivity index (χ4v) is 3.54. The molecule has 0 aromatic heterocycles. The molecular formula is C18H32O8. The molecule has 0 saturated carbocycles. The van der Waals surface area contributed by atoms with Gasteiger partial charge in [-0.25, -0.2) is 0 Å². The monoisotopic (exact) mass is 376 g/mol. The van der Waals surface area contributed by atoms with Crippen LogP contribution in [0.15, 0.2) is 0 Å². The fourth-order valence-electron chi connectivity index (χ4n) is 3.54. The zero-order valence-corrected chi connectivity index (χ0v) is 15.9. The molecule has 152 valence electrons. The molecule has 26 heavy (non-hydrogen) atoms. The Morgan fingerprint density at radius 2 is 1.65 bits per heavy atom. The Bertz CT molecular complexity index is 458. The molecule has 0 aromatic carbocycles. The van der Waals surface area contributed by atoms with E-state index >= 15 is 0 Å². The molecule has 8 nitrogen and oxygen atoms in total. The molecule has 0 aliphatic carbocycles. The molecule has 3 aliphatic heterocycles. The molecule has 8 atom stereocenters. The maximum Gasteiger partial charge on any atom is 0.143 e. The molecule has 8 heteroatoms. The van der Waals surface area contributed by atoms with E-state index in [1.807, 2.05) is 20.8 Å². The van der Waals surface area contributed by atoms with Gasteiger partial charge in [-0.15, -0.1) is 12.8 Å². The molecule has 4 unspecified atom stereocenters. The van der Waals surface area contributed by atoms with Crippen LogP contribution in [0.1, 0.15) is 27.7 Å². The van der Waals surface area contributed by atoms with E-state index in [0.717, 1.165) is 0 Å². The van der Waals surface area contributed by atoms with Crippen molar-refractivity contribution in [3.8, 4) is 12.8 Å². The Morgan fingerprint density at radius 3 is 1.96 bits per heavy atom. The molecule has 0 spiro atoms. The Morgan fingerprint density at radius 1 is 1.04 bits per heavy atom. The van der Waals surface area contributed by atoms with Gasteiger partial charge >= 0.3 is 0 Å². The SMILES string of the molecule is C#C.CCO[C@@H]1C(C)OC(C)(CO)C1O.C[C@@H]1O[C@@]2(CO)COC1[C@H]2O. The smallest absolute Gasteiger partial charge is 0.143 e. The topological polar surface area (TPSA) is 118 Å². The van der Waals surface area contributed by atoms with Gasteiger partial charge < -0.3 is 39.4 Å². The molecule has 3 rings (SSSR count). The van der Waals surface area contributed by atoms with Crippen molar-refractivity contribution in [2.45, 2.75) is 75.5 Å². The van der Waals surface area contributed by atoms with Crippen LogP contribution in [-0.4, -0.2) is 94.7 Å². The van der Waals surface area contributed by atoms with E-state index in [2.05, 4.69) is 12.8 Å². The van der Waals surface area contributed by atoms with Crippen LogP contribution in [0.5, 0.6) is 0 Å². The molecule has 3 fully saturated rings. The zero-order chi connectivity index (χ0) is 20.1. The van der Waals surface area contributed by atoms with Gasteiger partial charge in [0.05, 0.1) is 32.0 Å². The summed E-state index contributed by atoms with van der Waals surface area (Å²) in [7, 11) is 0. The van der Waals surface area contributed by atoms with Crippen molar-refractivity contribution in [3.05, 3.63) is 0 Å². The second-order valence-corrected chi connectivity index (χ2v) is 6.92. The molecule has 2 bridgehead atoms. The largest absolute Gasteiger partial charge is 0.393 e. The minimum Gasteiger partial charge on any atom is -0.393 e. The molecule has 4 N–H and O–H groups in total. The van der Waals surface area contributed by atoms with Gasteiger partial charge in [0.15, 0.2) is 0 Å². The Hall–Kier alpha value is -0.760. The molecule has 0 aromatic rings. The average molecular weight is 376 g/mol. The second kappa shape index (κ2) is 9.44. The van der Waals surface area contributed by atoms with Crippen LogP contribution in [0, 0.1) is 12.8 Å². The number of hydrogen-bond donors (Lipinski definition) is 4. The highest BCUT2D eigenvalue weighted by molar-refractivity contribution is 5.06. The maximum absolute atomic E-state index is 9.80.